The number of hydrogen-bond donors (Lipinski definition) is 0. The SMILES string of the molecule is c1cncc(CN2CCN3C[C@@H](OCC4CC4)C[C@@H]3C2)c1. The number of nitrogens with zero attached hydrogens (tertiary/aromatic N) is 3. The molecule has 0 radical (unpaired) electrons. The molecule has 0 aromatic carbocycles. The summed E-state index contributed by atoms with van der Waals surface area (Å²) in [5.74, 6) is 0.879. The summed E-state index contributed by atoms with van der Waals surface area (Å²) in [5.41, 5.74) is 1.32. The highest BCUT2D eigenvalue weighted by Crippen LogP contribution is 2.31. The highest BCUT2D eigenvalue weighted by atomic mass is 16.5. The van der Waals surface area contributed by atoms with E-state index in [4.69, 9.17) is 4.74 Å². The van der Waals surface area contributed by atoms with Crippen LogP contribution in [0.15, 0.2) is 24.5 Å². The Morgan fingerprint density at radius 2 is 2.19 bits per heavy atom. The third-order valence-electron chi connectivity index (χ3n) is 5.06. The fraction of sp³-hybridized carbons (Fsp3) is 0.706. The summed E-state index contributed by atoms with van der Waals surface area (Å²) in [6.07, 6.45) is 8.31. The van der Waals surface area contributed by atoms with Crippen molar-refractivity contribution in [2.24, 2.45) is 5.92 Å². The van der Waals surface area contributed by atoms with Crippen LogP contribution in [-0.4, -0.2) is 59.7 Å². The largest absolute Gasteiger partial charge is 0.377 e. The summed E-state index contributed by atoms with van der Waals surface area (Å²) in [7, 11) is 0. The van der Waals surface area contributed by atoms with Crippen LogP contribution in [0.25, 0.3) is 0 Å². The first-order chi connectivity index (χ1) is 10.4. The highest BCUT2D eigenvalue weighted by molar-refractivity contribution is 5.08. The third kappa shape index (κ3) is 3.44. The average molecular weight is 287 g/mol. The molecule has 0 N–H and O–H groups in total. The lowest BCUT2D eigenvalue weighted by Crippen LogP contribution is -2.49. The molecule has 0 unspecified atom stereocenters. The lowest BCUT2D eigenvalue weighted by Gasteiger charge is -2.37. The molecule has 2 aliphatic heterocycles. The second-order valence-corrected chi connectivity index (χ2v) is 6.88. The van der Waals surface area contributed by atoms with Crippen LogP contribution in [0.2, 0.25) is 0 Å². The number of aromatic nitrogens is 1. The van der Waals surface area contributed by atoms with Crippen LogP contribution in [0.1, 0.15) is 24.8 Å². The smallest absolute Gasteiger partial charge is 0.0717 e. The molecule has 1 aromatic heterocycles. The van der Waals surface area contributed by atoms with E-state index in [1.165, 1.54) is 44.5 Å². The zero-order chi connectivity index (χ0) is 14.1. The molecule has 0 spiro atoms. The van der Waals surface area contributed by atoms with Crippen LogP contribution >= 0.6 is 0 Å². The van der Waals surface area contributed by atoms with Gasteiger partial charge in [0.05, 0.1) is 6.10 Å². The first-order valence-corrected chi connectivity index (χ1v) is 8.34. The van der Waals surface area contributed by atoms with Crippen molar-refractivity contribution in [3.8, 4) is 0 Å². The van der Waals surface area contributed by atoms with E-state index in [0.717, 1.165) is 25.6 Å². The van der Waals surface area contributed by atoms with Gasteiger partial charge in [-0.05, 0) is 36.8 Å². The number of piperazine rings is 1. The van der Waals surface area contributed by atoms with Gasteiger partial charge in [0.2, 0.25) is 0 Å². The predicted octanol–water partition coefficient (Wildman–Crippen LogP) is 1.77. The minimum Gasteiger partial charge on any atom is -0.377 e. The Balaban J connectivity index is 1.28. The van der Waals surface area contributed by atoms with E-state index in [-0.39, 0.29) is 0 Å². The fourth-order valence-corrected chi connectivity index (χ4v) is 3.63. The molecule has 1 saturated carbocycles. The Hall–Kier alpha value is -0.970. The van der Waals surface area contributed by atoms with E-state index in [1.54, 1.807) is 0 Å². The first kappa shape index (κ1) is 13.7. The average Bonchev–Trinajstić information content (AvgIpc) is 3.25. The van der Waals surface area contributed by atoms with Crippen LogP contribution < -0.4 is 0 Å². The van der Waals surface area contributed by atoms with Crippen LogP contribution in [0, 0.1) is 5.92 Å². The van der Waals surface area contributed by atoms with Crippen LogP contribution in [0.3, 0.4) is 0 Å². The van der Waals surface area contributed by atoms with Gasteiger partial charge in [-0.3, -0.25) is 14.8 Å². The van der Waals surface area contributed by atoms with Crippen molar-refractivity contribution in [2.45, 2.75) is 38.0 Å². The molecule has 114 valence electrons. The standard InChI is InChI=1S/C17H25N3O/c1-2-15(9-18-5-1)10-19-6-7-20-12-17(8-16(20)11-19)21-13-14-3-4-14/h1-2,5,9,14,16-17H,3-4,6-8,10-13H2/t16-,17+/m1/s1. The molecule has 1 aliphatic carbocycles. The van der Waals surface area contributed by atoms with E-state index in [0.29, 0.717) is 12.1 Å². The van der Waals surface area contributed by atoms with E-state index in [9.17, 15) is 0 Å². The van der Waals surface area contributed by atoms with Crippen LogP contribution in [0.5, 0.6) is 0 Å². The maximum Gasteiger partial charge on any atom is 0.0717 e. The van der Waals surface area contributed by atoms with Crippen molar-refractivity contribution in [1.82, 2.24) is 14.8 Å². The van der Waals surface area contributed by atoms with E-state index < -0.39 is 0 Å². The Morgan fingerprint density at radius 1 is 1.24 bits per heavy atom. The number of fused-ring (bicyclic) bond motifs is 1. The molecule has 4 rings (SSSR count). The van der Waals surface area contributed by atoms with Gasteiger partial charge in [-0.1, -0.05) is 6.07 Å². The van der Waals surface area contributed by atoms with Crippen molar-refractivity contribution < 1.29 is 4.74 Å². The second-order valence-electron chi connectivity index (χ2n) is 6.88. The monoisotopic (exact) mass is 287 g/mol. The van der Waals surface area contributed by atoms with Gasteiger partial charge in [0.1, 0.15) is 0 Å². The van der Waals surface area contributed by atoms with Gasteiger partial charge in [-0.25, -0.2) is 0 Å². The van der Waals surface area contributed by atoms with Crippen molar-refractivity contribution >= 4 is 0 Å². The molecule has 1 aromatic rings. The summed E-state index contributed by atoms with van der Waals surface area (Å²) in [4.78, 5) is 9.43. The van der Waals surface area contributed by atoms with Crippen LogP contribution in [-0.2, 0) is 11.3 Å². The number of hydrogen-bond acceptors (Lipinski definition) is 4. The molecule has 0 bridgehead atoms. The van der Waals surface area contributed by atoms with Crippen LogP contribution in [0.4, 0.5) is 0 Å². The van der Waals surface area contributed by atoms with Crippen molar-refractivity contribution in [2.75, 3.05) is 32.8 Å². The molecule has 4 heteroatoms. The van der Waals surface area contributed by atoms with Crippen molar-refractivity contribution in [3.63, 3.8) is 0 Å². The maximum absolute atomic E-state index is 6.10. The molecule has 3 fully saturated rings. The van der Waals surface area contributed by atoms with Gasteiger partial charge in [0, 0.05) is 57.8 Å². The zero-order valence-electron chi connectivity index (χ0n) is 12.7. The summed E-state index contributed by atoms with van der Waals surface area (Å²) < 4.78 is 6.10. The van der Waals surface area contributed by atoms with Gasteiger partial charge in [0.25, 0.3) is 0 Å². The fourth-order valence-electron chi connectivity index (χ4n) is 3.63. The molecule has 0 amide bonds. The minimum absolute atomic E-state index is 0.481. The second kappa shape index (κ2) is 6.03. The quantitative estimate of drug-likeness (QED) is 0.825. The summed E-state index contributed by atoms with van der Waals surface area (Å²) >= 11 is 0. The van der Waals surface area contributed by atoms with Crippen molar-refractivity contribution in [1.29, 1.82) is 0 Å². The van der Waals surface area contributed by atoms with Gasteiger partial charge < -0.3 is 4.74 Å². The lowest BCUT2D eigenvalue weighted by atomic mass is 10.1. The van der Waals surface area contributed by atoms with E-state index in [1.807, 2.05) is 18.5 Å². The molecule has 4 nitrogen and oxygen atoms in total. The first-order valence-electron chi connectivity index (χ1n) is 8.34. The number of rotatable bonds is 5. The highest BCUT2D eigenvalue weighted by Gasteiger charge is 2.37. The number of pyridine rings is 1. The minimum atomic E-state index is 0.481. The summed E-state index contributed by atoms with van der Waals surface area (Å²) in [6, 6.07) is 4.90. The molecule has 3 heterocycles. The topological polar surface area (TPSA) is 28.6 Å². The van der Waals surface area contributed by atoms with Crippen molar-refractivity contribution in [3.05, 3.63) is 30.1 Å². The van der Waals surface area contributed by atoms with Gasteiger partial charge >= 0.3 is 0 Å². The molecular weight excluding hydrogens is 262 g/mol. The molecular formula is C17H25N3O. The Kier molecular flexibility index (Phi) is 3.93. The molecule has 3 aliphatic rings. The Bertz CT molecular complexity index is 462. The normalized spacial score (nSPS) is 30.5. The zero-order valence-corrected chi connectivity index (χ0v) is 12.7. The summed E-state index contributed by atoms with van der Waals surface area (Å²) in [5, 5.41) is 0. The Morgan fingerprint density at radius 3 is 3.00 bits per heavy atom. The lowest BCUT2D eigenvalue weighted by molar-refractivity contribution is 0.0508. The molecule has 2 atom stereocenters. The summed E-state index contributed by atoms with van der Waals surface area (Å²) in [6.45, 7) is 6.72. The number of ether oxygens (including phenoxy) is 1. The maximum atomic E-state index is 6.10. The predicted molar refractivity (Wildman–Crippen MR) is 82.0 cm³/mol. The van der Waals surface area contributed by atoms with E-state index >= 15 is 0 Å². The third-order valence-corrected chi connectivity index (χ3v) is 5.06. The molecule has 2 saturated heterocycles. The Labute approximate surface area is 127 Å². The molecule has 21 heavy (non-hydrogen) atoms. The van der Waals surface area contributed by atoms with E-state index in [2.05, 4.69) is 20.9 Å². The van der Waals surface area contributed by atoms with Gasteiger partial charge in [-0.15, -0.1) is 0 Å². The van der Waals surface area contributed by atoms with Gasteiger partial charge in [-0.2, -0.15) is 0 Å². The van der Waals surface area contributed by atoms with Gasteiger partial charge in [0.15, 0.2) is 0 Å².